The quantitative estimate of drug-likeness (QED) is 0.700. The summed E-state index contributed by atoms with van der Waals surface area (Å²) in [6, 6.07) is 7.54. The molecule has 94 valence electrons. The van der Waals surface area contributed by atoms with Gasteiger partial charge in [-0.25, -0.2) is 4.79 Å². The van der Waals surface area contributed by atoms with Crippen molar-refractivity contribution < 1.29 is 19.4 Å². The van der Waals surface area contributed by atoms with Crippen LogP contribution in [0.4, 0.5) is 0 Å². The van der Waals surface area contributed by atoms with Gasteiger partial charge >= 0.3 is 5.97 Å². The van der Waals surface area contributed by atoms with Crippen LogP contribution in [0.3, 0.4) is 0 Å². The number of ether oxygens (including phenoxy) is 2. The maximum Gasteiger partial charge on any atom is 0.336 e. The fraction of sp³-hybridized carbons (Fsp3) is 0.417. The molecule has 0 spiro atoms. The average Bonchev–Trinajstić information content (AvgIpc) is 2.38. The van der Waals surface area contributed by atoms with Crippen LogP contribution >= 0.6 is 0 Å². The molecule has 0 aliphatic carbocycles. The molecule has 1 rings (SSSR count). The number of benzene rings is 1. The van der Waals surface area contributed by atoms with Gasteiger partial charge < -0.3 is 19.9 Å². The zero-order valence-corrected chi connectivity index (χ0v) is 9.97. The highest BCUT2D eigenvalue weighted by Gasteiger charge is 2.13. The van der Waals surface area contributed by atoms with E-state index in [0.717, 1.165) is 11.3 Å². The minimum Gasteiger partial charge on any atom is -0.497 e. The van der Waals surface area contributed by atoms with Crippen LogP contribution in [0.5, 0.6) is 5.75 Å². The molecule has 0 aliphatic rings. The molecule has 1 atom stereocenters. The Bertz CT molecular complexity index is 350. The third-order valence-electron chi connectivity index (χ3n) is 2.30. The smallest absolute Gasteiger partial charge is 0.336 e. The van der Waals surface area contributed by atoms with E-state index < -0.39 is 12.1 Å². The molecule has 17 heavy (non-hydrogen) atoms. The molecular formula is C12H17NO4. The van der Waals surface area contributed by atoms with E-state index in [-0.39, 0.29) is 6.54 Å². The van der Waals surface area contributed by atoms with Gasteiger partial charge in [-0.2, -0.15) is 0 Å². The lowest BCUT2D eigenvalue weighted by Crippen LogP contribution is -2.33. The SMILES string of the molecule is COC(=O)C(O)CNCc1ccc(OC)cc1. The van der Waals surface area contributed by atoms with Crippen molar-refractivity contribution in [3.05, 3.63) is 29.8 Å². The number of nitrogens with one attached hydrogen (secondary N) is 1. The molecule has 0 aliphatic heterocycles. The summed E-state index contributed by atoms with van der Waals surface area (Å²) in [4.78, 5) is 10.9. The fourth-order valence-corrected chi connectivity index (χ4v) is 1.32. The summed E-state index contributed by atoms with van der Waals surface area (Å²) in [5, 5.41) is 12.3. The summed E-state index contributed by atoms with van der Waals surface area (Å²) < 4.78 is 9.44. The highest BCUT2D eigenvalue weighted by molar-refractivity contribution is 5.74. The van der Waals surface area contributed by atoms with E-state index in [1.54, 1.807) is 7.11 Å². The molecule has 5 heteroatoms. The Morgan fingerprint density at radius 2 is 2.00 bits per heavy atom. The third kappa shape index (κ3) is 4.42. The summed E-state index contributed by atoms with van der Waals surface area (Å²) >= 11 is 0. The first kappa shape index (κ1) is 13.5. The lowest BCUT2D eigenvalue weighted by molar-refractivity contribution is -0.150. The molecule has 1 unspecified atom stereocenters. The second-order valence-electron chi connectivity index (χ2n) is 3.52. The van der Waals surface area contributed by atoms with E-state index in [0.29, 0.717) is 6.54 Å². The van der Waals surface area contributed by atoms with Crippen LogP contribution in [0.15, 0.2) is 24.3 Å². The Hall–Kier alpha value is -1.59. The molecule has 0 saturated heterocycles. The molecule has 0 amide bonds. The standard InChI is InChI=1S/C12H17NO4/c1-16-10-5-3-9(4-6-10)7-13-8-11(14)12(15)17-2/h3-6,11,13-14H,7-8H2,1-2H3. The zero-order valence-electron chi connectivity index (χ0n) is 9.97. The van der Waals surface area contributed by atoms with Gasteiger partial charge in [-0.15, -0.1) is 0 Å². The molecular weight excluding hydrogens is 222 g/mol. The van der Waals surface area contributed by atoms with Gasteiger partial charge in [0, 0.05) is 13.1 Å². The van der Waals surface area contributed by atoms with Crippen LogP contribution in [-0.2, 0) is 16.1 Å². The molecule has 5 nitrogen and oxygen atoms in total. The van der Waals surface area contributed by atoms with Gasteiger partial charge in [0.1, 0.15) is 5.75 Å². The van der Waals surface area contributed by atoms with E-state index in [4.69, 9.17) is 4.74 Å². The lowest BCUT2D eigenvalue weighted by atomic mass is 10.2. The first-order valence-corrected chi connectivity index (χ1v) is 5.27. The summed E-state index contributed by atoms with van der Waals surface area (Å²) in [6.07, 6.45) is -1.13. The molecule has 1 aromatic rings. The predicted molar refractivity (Wildman–Crippen MR) is 62.7 cm³/mol. The Balaban J connectivity index is 2.33. The number of carbonyl (C=O) groups excluding carboxylic acids is 1. The normalized spacial score (nSPS) is 11.9. The van der Waals surface area contributed by atoms with E-state index in [2.05, 4.69) is 10.1 Å². The number of hydrogen-bond donors (Lipinski definition) is 2. The number of aliphatic hydroxyl groups is 1. The van der Waals surface area contributed by atoms with Crippen LogP contribution in [0, 0.1) is 0 Å². The van der Waals surface area contributed by atoms with Gasteiger partial charge in [-0.3, -0.25) is 0 Å². The topological polar surface area (TPSA) is 67.8 Å². The van der Waals surface area contributed by atoms with Crippen molar-refractivity contribution in [3.8, 4) is 5.75 Å². The third-order valence-corrected chi connectivity index (χ3v) is 2.30. The molecule has 0 heterocycles. The zero-order chi connectivity index (χ0) is 12.7. The summed E-state index contributed by atoms with van der Waals surface area (Å²) in [5.41, 5.74) is 1.04. The van der Waals surface area contributed by atoms with Crippen molar-refractivity contribution in [1.29, 1.82) is 0 Å². The number of rotatable bonds is 6. The second-order valence-corrected chi connectivity index (χ2v) is 3.52. The lowest BCUT2D eigenvalue weighted by Gasteiger charge is -2.09. The van der Waals surface area contributed by atoms with Crippen LogP contribution in [0.1, 0.15) is 5.56 Å². The van der Waals surface area contributed by atoms with E-state index >= 15 is 0 Å². The number of aliphatic hydroxyl groups excluding tert-OH is 1. The monoisotopic (exact) mass is 239 g/mol. The largest absolute Gasteiger partial charge is 0.497 e. The van der Waals surface area contributed by atoms with Crippen LogP contribution in [0.25, 0.3) is 0 Å². The Kier molecular flexibility index (Phi) is 5.45. The highest BCUT2D eigenvalue weighted by atomic mass is 16.5. The molecule has 0 saturated carbocycles. The maximum absolute atomic E-state index is 10.9. The maximum atomic E-state index is 10.9. The molecule has 0 fully saturated rings. The van der Waals surface area contributed by atoms with Gasteiger partial charge in [-0.1, -0.05) is 12.1 Å². The Morgan fingerprint density at radius 1 is 1.35 bits per heavy atom. The molecule has 0 radical (unpaired) electrons. The molecule has 0 aromatic heterocycles. The van der Waals surface area contributed by atoms with Gasteiger partial charge in [-0.05, 0) is 17.7 Å². The Morgan fingerprint density at radius 3 is 2.53 bits per heavy atom. The van der Waals surface area contributed by atoms with Crippen molar-refractivity contribution in [2.75, 3.05) is 20.8 Å². The molecule has 1 aromatic carbocycles. The Labute approximate surface area is 100 Å². The van der Waals surface area contributed by atoms with Crippen molar-refractivity contribution in [1.82, 2.24) is 5.32 Å². The molecule has 0 bridgehead atoms. The van der Waals surface area contributed by atoms with Gasteiger partial charge in [0.15, 0.2) is 6.10 Å². The van der Waals surface area contributed by atoms with E-state index in [9.17, 15) is 9.90 Å². The first-order valence-electron chi connectivity index (χ1n) is 5.27. The van der Waals surface area contributed by atoms with E-state index in [1.807, 2.05) is 24.3 Å². The summed E-state index contributed by atoms with van der Waals surface area (Å²) in [6.45, 7) is 0.733. The minimum absolute atomic E-state index is 0.165. The van der Waals surface area contributed by atoms with Crippen molar-refractivity contribution in [3.63, 3.8) is 0 Å². The van der Waals surface area contributed by atoms with Crippen molar-refractivity contribution in [2.24, 2.45) is 0 Å². The number of esters is 1. The average molecular weight is 239 g/mol. The number of methoxy groups -OCH3 is 2. The van der Waals surface area contributed by atoms with Crippen molar-refractivity contribution >= 4 is 5.97 Å². The van der Waals surface area contributed by atoms with E-state index in [1.165, 1.54) is 7.11 Å². The van der Waals surface area contributed by atoms with Gasteiger partial charge in [0.25, 0.3) is 0 Å². The first-order chi connectivity index (χ1) is 8.17. The van der Waals surface area contributed by atoms with Crippen LogP contribution in [-0.4, -0.2) is 37.9 Å². The predicted octanol–water partition coefficient (Wildman–Crippen LogP) is 0.319. The van der Waals surface area contributed by atoms with Crippen LogP contribution < -0.4 is 10.1 Å². The fourth-order valence-electron chi connectivity index (χ4n) is 1.32. The van der Waals surface area contributed by atoms with Gasteiger partial charge in [0.2, 0.25) is 0 Å². The summed E-state index contributed by atoms with van der Waals surface area (Å²) in [5.74, 6) is 0.163. The molecule has 2 N–H and O–H groups in total. The second kappa shape index (κ2) is 6.88. The van der Waals surface area contributed by atoms with Crippen molar-refractivity contribution in [2.45, 2.75) is 12.6 Å². The number of hydrogen-bond acceptors (Lipinski definition) is 5. The number of carbonyl (C=O) groups is 1. The van der Waals surface area contributed by atoms with Crippen LogP contribution in [0.2, 0.25) is 0 Å². The summed E-state index contributed by atoms with van der Waals surface area (Å²) in [7, 11) is 2.86. The highest BCUT2D eigenvalue weighted by Crippen LogP contribution is 2.10. The minimum atomic E-state index is -1.13. The van der Waals surface area contributed by atoms with Gasteiger partial charge in [0.05, 0.1) is 14.2 Å².